The van der Waals surface area contributed by atoms with Crippen LogP contribution in [0.3, 0.4) is 0 Å². The zero-order valence-corrected chi connectivity index (χ0v) is 19.0. The number of hydrogen-bond acceptors (Lipinski definition) is 3. The van der Waals surface area contributed by atoms with Crippen molar-refractivity contribution in [3.05, 3.63) is 108 Å². The number of urea groups is 1. The number of aryl methyl sites for hydroxylation is 1. The van der Waals surface area contributed by atoms with Crippen LogP contribution in [0.2, 0.25) is 0 Å². The van der Waals surface area contributed by atoms with Gasteiger partial charge in [0, 0.05) is 37.1 Å². The number of hydrogen-bond donors (Lipinski definition) is 2. The lowest BCUT2D eigenvalue weighted by atomic mass is 10.1. The van der Waals surface area contributed by atoms with Gasteiger partial charge in [-0.3, -0.25) is 14.7 Å². The molecule has 170 valence electrons. The fourth-order valence-corrected chi connectivity index (χ4v) is 3.45. The third-order valence-electron chi connectivity index (χ3n) is 5.11. The highest BCUT2D eigenvalue weighted by molar-refractivity contribution is 5.92. The smallest absolute Gasteiger partial charge is 0.322 e. The molecule has 0 aliphatic heterocycles. The van der Waals surface area contributed by atoms with E-state index in [4.69, 9.17) is 0 Å². The molecule has 3 amide bonds. The van der Waals surface area contributed by atoms with Crippen LogP contribution in [-0.2, 0) is 24.2 Å². The molecule has 33 heavy (non-hydrogen) atoms. The summed E-state index contributed by atoms with van der Waals surface area (Å²) in [6, 6.07) is 21.2. The Balaban J connectivity index is 1.61. The number of carbonyl (C=O) groups excluding carboxylic acids is 2. The van der Waals surface area contributed by atoms with Gasteiger partial charge in [-0.15, -0.1) is 6.58 Å². The average Bonchev–Trinajstić information content (AvgIpc) is 2.82. The molecule has 6 heteroatoms. The lowest BCUT2D eigenvalue weighted by Gasteiger charge is -2.23. The quantitative estimate of drug-likeness (QED) is 0.462. The fourth-order valence-electron chi connectivity index (χ4n) is 3.45. The van der Waals surface area contributed by atoms with Gasteiger partial charge in [0.1, 0.15) is 0 Å². The summed E-state index contributed by atoms with van der Waals surface area (Å²) in [6.45, 7) is 7.07. The molecule has 0 saturated heterocycles. The molecule has 6 nitrogen and oxygen atoms in total. The van der Waals surface area contributed by atoms with Gasteiger partial charge in [0.05, 0.1) is 13.0 Å². The third-order valence-corrected chi connectivity index (χ3v) is 5.11. The summed E-state index contributed by atoms with van der Waals surface area (Å²) in [5, 5.41) is 5.78. The fraction of sp³-hybridized carbons (Fsp3) is 0.222. The molecule has 0 aliphatic rings. The van der Waals surface area contributed by atoms with Crippen LogP contribution in [0.5, 0.6) is 0 Å². The predicted molar refractivity (Wildman–Crippen MR) is 132 cm³/mol. The number of benzene rings is 2. The van der Waals surface area contributed by atoms with Crippen molar-refractivity contribution in [3.8, 4) is 0 Å². The van der Waals surface area contributed by atoms with E-state index in [9.17, 15) is 9.59 Å². The standard InChI is InChI=1S/C27H30N4O2/c1-3-15-30-27(33)31(20-23-8-6-7-21(2)18-23)25-12-10-22(11-13-25)19-26(32)29-17-14-24-9-4-5-16-28-24/h3-13,16,18H,1,14-15,17,19-20H2,2H3,(H,29,32)(H,30,33). The third kappa shape index (κ3) is 7.61. The highest BCUT2D eigenvalue weighted by atomic mass is 16.2. The van der Waals surface area contributed by atoms with Crippen LogP contribution in [0, 0.1) is 6.92 Å². The van der Waals surface area contributed by atoms with Crippen molar-refractivity contribution in [2.75, 3.05) is 18.0 Å². The second-order valence-electron chi connectivity index (χ2n) is 7.81. The molecule has 0 bridgehead atoms. The van der Waals surface area contributed by atoms with Crippen LogP contribution in [0.1, 0.15) is 22.4 Å². The van der Waals surface area contributed by atoms with Gasteiger partial charge in [-0.25, -0.2) is 4.79 Å². The highest BCUT2D eigenvalue weighted by Crippen LogP contribution is 2.19. The van der Waals surface area contributed by atoms with Crippen molar-refractivity contribution in [2.24, 2.45) is 0 Å². The summed E-state index contributed by atoms with van der Waals surface area (Å²) < 4.78 is 0. The molecule has 1 heterocycles. The molecule has 0 radical (unpaired) electrons. The SMILES string of the molecule is C=CCNC(=O)N(Cc1cccc(C)c1)c1ccc(CC(=O)NCCc2ccccn2)cc1. The van der Waals surface area contributed by atoms with Gasteiger partial charge >= 0.3 is 6.03 Å². The van der Waals surface area contributed by atoms with E-state index in [0.717, 1.165) is 28.1 Å². The van der Waals surface area contributed by atoms with E-state index in [1.54, 1.807) is 17.2 Å². The molecular weight excluding hydrogens is 412 g/mol. The molecule has 0 fully saturated rings. The summed E-state index contributed by atoms with van der Waals surface area (Å²) in [4.78, 5) is 31.0. The number of nitrogens with one attached hydrogen (secondary N) is 2. The predicted octanol–water partition coefficient (Wildman–Crippen LogP) is 4.19. The van der Waals surface area contributed by atoms with Crippen LogP contribution < -0.4 is 15.5 Å². The lowest BCUT2D eigenvalue weighted by molar-refractivity contribution is -0.120. The number of pyridine rings is 1. The number of amides is 3. The Morgan fingerprint density at radius 2 is 1.82 bits per heavy atom. The molecule has 3 aromatic rings. The van der Waals surface area contributed by atoms with Crippen molar-refractivity contribution in [2.45, 2.75) is 26.3 Å². The normalized spacial score (nSPS) is 10.3. The maximum atomic E-state index is 12.8. The largest absolute Gasteiger partial charge is 0.355 e. The summed E-state index contributed by atoms with van der Waals surface area (Å²) in [6.07, 6.45) is 4.37. The van der Waals surface area contributed by atoms with Crippen LogP contribution >= 0.6 is 0 Å². The van der Waals surface area contributed by atoms with Crippen molar-refractivity contribution in [1.82, 2.24) is 15.6 Å². The second kappa shape index (κ2) is 12.2. The average molecular weight is 443 g/mol. The zero-order chi connectivity index (χ0) is 23.5. The first-order valence-corrected chi connectivity index (χ1v) is 11.0. The minimum absolute atomic E-state index is 0.0426. The van der Waals surface area contributed by atoms with Gasteiger partial charge in [-0.2, -0.15) is 0 Å². The molecule has 0 saturated carbocycles. The van der Waals surface area contributed by atoms with Gasteiger partial charge < -0.3 is 10.6 Å². The molecule has 3 rings (SSSR count). The van der Waals surface area contributed by atoms with Gasteiger partial charge in [-0.05, 0) is 42.3 Å². The summed E-state index contributed by atoms with van der Waals surface area (Å²) in [5.41, 5.74) is 4.78. The van der Waals surface area contributed by atoms with Crippen LogP contribution in [0.25, 0.3) is 0 Å². The number of aromatic nitrogens is 1. The second-order valence-corrected chi connectivity index (χ2v) is 7.81. The van der Waals surface area contributed by atoms with E-state index < -0.39 is 0 Å². The van der Waals surface area contributed by atoms with Gasteiger partial charge in [0.2, 0.25) is 5.91 Å². The molecule has 0 atom stereocenters. The molecule has 0 spiro atoms. The minimum atomic E-state index is -0.198. The molecule has 2 N–H and O–H groups in total. The van der Waals surface area contributed by atoms with E-state index in [0.29, 0.717) is 26.1 Å². The Kier molecular flexibility index (Phi) is 8.77. The van der Waals surface area contributed by atoms with Crippen LogP contribution in [-0.4, -0.2) is 30.0 Å². The zero-order valence-electron chi connectivity index (χ0n) is 19.0. The Labute approximate surface area is 195 Å². The van der Waals surface area contributed by atoms with Gasteiger partial charge in [0.15, 0.2) is 0 Å². The minimum Gasteiger partial charge on any atom is -0.355 e. The molecule has 2 aromatic carbocycles. The topological polar surface area (TPSA) is 74.3 Å². The summed E-state index contributed by atoms with van der Waals surface area (Å²) in [7, 11) is 0. The first-order chi connectivity index (χ1) is 16.0. The monoisotopic (exact) mass is 442 g/mol. The number of carbonyl (C=O) groups is 2. The number of anilines is 1. The van der Waals surface area contributed by atoms with Crippen molar-refractivity contribution in [3.63, 3.8) is 0 Å². The Morgan fingerprint density at radius 1 is 1.00 bits per heavy atom. The molecule has 0 aliphatic carbocycles. The maximum absolute atomic E-state index is 12.8. The summed E-state index contributed by atoms with van der Waals surface area (Å²) in [5.74, 6) is -0.0426. The first-order valence-electron chi connectivity index (χ1n) is 11.0. The van der Waals surface area contributed by atoms with Crippen molar-refractivity contribution in [1.29, 1.82) is 0 Å². The molecule has 0 unspecified atom stereocenters. The van der Waals surface area contributed by atoms with Crippen molar-refractivity contribution < 1.29 is 9.59 Å². The molecular formula is C27H30N4O2. The van der Waals surface area contributed by atoms with Crippen LogP contribution in [0.4, 0.5) is 10.5 Å². The Hall–Kier alpha value is -3.93. The molecule has 1 aromatic heterocycles. The maximum Gasteiger partial charge on any atom is 0.322 e. The summed E-state index contributed by atoms with van der Waals surface area (Å²) >= 11 is 0. The van der Waals surface area contributed by atoms with E-state index >= 15 is 0 Å². The Morgan fingerprint density at radius 3 is 2.52 bits per heavy atom. The van der Waals surface area contributed by atoms with E-state index in [2.05, 4.69) is 28.3 Å². The highest BCUT2D eigenvalue weighted by Gasteiger charge is 2.16. The lowest BCUT2D eigenvalue weighted by Crippen LogP contribution is -2.39. The van der Waals surface area contributed by atoms with E-state index in [-0.39, 0.29) is 18.4 Å². The van der Waals surface area contributed by atoms with E-state index in [1.165, 1.54) is 0 Å². The first kappa shape index (κ1) is 23.7. The van der Waals surface area contributed by atoms with Crippen LogP contribution in [0.15, 0.2) is 85.6 Å². The van der Waals surface area contributed by atoms with Crippen molar-refractivity contribution >= 4 is 17.6 Å². The van der Waals surface area contributed by atoms with E-state index in [1.807, 2.05) is 67.6 Å². The number of rotatable bonds is 10. The van der Waals surface area contributed by atoms with Gasteiger partial charge in [0.25, 0.3) is 0 Å². The Bertz CT molecular complexity index is 1060. The van der Waals surface area contributed by atoms with Gasteiger partial charge in [-0.1, -0.05) is 54.1 Å². The number of nitrogens with zero attached hydrogens (tertiary/aromatic N) is 2.